The molecule has 1 aromatic carbocycles. The van der Waals surface area contributed by atoms with Crippen molar-refractivity contribution in [1.82, 2.24) is 0 Å². The molecule has 1 heterocycles. The van der Waals surface area contributed by atoms with Crippen molar-refractivity contribution in [2.24, 2.45) is 0 Å². The summed E-state index contributed by atoms with van der Waals surface area (Å²) in [5.74, 6) is 0. The van der Waals surface area contributed by atoms with Gasteiger partial charge in [-0.15, -0.1) is 11.3 Å². The standard InChI is InChI=1S/C14H15BrN2O3S/c1-9(18)10-3-4-13(14(5-10)17(19)20)16(2)7-12-6-11(15)8-21-12/h3-6,8-9,18H,7H2,1-2H3. The van der Waals surface area contributed by atoms with E-state index in [0.717, 1.165) is 9.35 Å². The number of hydrogen-bond acceptors (Lipinski definition) is 5. The summed E-state index contributed by atoms with van der Waals surface area (Å²) in [5.41, 5.74) is 1.08. The Morgan fingerprint density at radius 3 is 2.71 bits per heavy atom. The van der Waals surface area contributed by atoms with Crippen LogP contribution in [0.4, 0.5) is 11.4 Å². The first-order chi connectivity index (χ1) is 9.88. The second-order valence-electron chi connectivity index (χ2n) is 4.77. The number of anilines is 1. The third kappa shape index (κ3) is 3.81. The van der Waals surface area contributed by atoms with Gasteiger partial charge in [0.25, 0.3) is 5.69 Å². The number of halogens is 1. The van der Waals surface area contributed by atoms with Gasteiger partial charge in [-0.25, -0.2) is 0 Å². The van der Waals surface area contributed by atoms with Crippen molar-refractivity contribution in [2.75, 3.05) is 11.9 Å². The largest absolute Gasteiger partial charge is 0.389 e. The highest BCUT2D eigenvalue weighted by Gasteiger charge is 2.19. The van der Waals surface area contributed by atoms with Crippen LogP contribution in [-0.4, -0.2) is 17.1 Å². The van der Waals surface area contributed by atoms with Crippen molar-refractivity contribution in [1.29, 1.82) is 0 Å². The SMILES string of the molecule is CC(O)c1ccc(N(C)Cc2cc(Br)cs2)c([N+](=O)[O-])c1. The van der Waals surface area contributed by atoms with Crippen molar-refractivity contribution in [3.63, 3.8) is 0 Å². The Balaban J connectivity index is 2.31. The summed E-state index contributed by atoms with van der Waals surface area (Å²) in [6.07, 6.45) is -0.726. The average Bonchev–Trinajstić information content (AvgIpc) is 2.83. The number of aliphatic hydroxyl groups excluding tert-OH is 1. The molecule has 0 radical (unpaired) electrons. The molecule has 0 amide bonds. The Hall–Kier alpha value is -1.44. The van der Waals surface area contributed by atoms with Gasteiger partial charge in [0.05, 0.1) is 17.6 Å². The van der Waals surface area contributed by atoms with Gasteiger partial charge >= 0.3 is 0 Å². The minimum absolute atomic E-state index is 0.00604. The molecule has 21 heavy (non-hydrogen) atoms. The molecular weight excluding hydrogens is 356 g/mol. The quantitative estimate of drug-likeness (QED) is 0.635. The molecule has 0 spiro atoms. The molecule has 7 heteroatoms. The molecule has 0 saturated heterocycles. The van der Waals surface area contributed by atoms with Gasteiger partial charge in [0.1, 0.15) is 5.69 Å². The van der Waals surface area contributed by atoms with E-state index in [1.54, 1.807) is 30.4 Å². The molecule has 0 aliphatic heterocycles. The third-order valence-electron chi connectivity index (χ3n) is 3.10. The number of hydrogen-bond donors (Lipinski definition) is 1. The normalized spacial score (nSPS) is 12.2. The fourth-order valence-electron chi connectivity index (χ4n) is 2.02. The third-order valence-corrected chi connectivity index (χ3v) is 4.79. The van der Waals surface area contributed by atoms with Gasteiger partial charge in [-0.1, -0.05) is 6.07 Å². The zero-order valence-corrected chi connectivity index (χ0v) is 14.0. The second-order valence-corrected chi connectivity index (χ2v) is 6.68. The number of nitro benzene ring substituents is 1. The highest BCUT2D eigenvalue weighted by atomic mass is 79.9. The van der Waals surface area contributed by atoms with Crippen LogP contribution in [0, 0.1) is 10.1 Å². The van der Waals surface area contributed by atoms with Crippen molar-refractivity contribution in [3.8, 4) is 0 Å². The van der Waals surface area contributed by atoms with Crippen LogP contribution in [0.2, 0.25) is 0 Å². The molecule has 2 rings (SSSR count). The molecule has 0 saturated carbocycles. The second kappa shape index (κ2) is 6.55. The molecular formula is C14H15BrN2O3S. The van der Waals surface area contributed by atoms with Gasteiger partial charge < -0.3 is 10.0 Å². The molecule has 1 atom stereocenters. The lowest BCUT2D eigenvalue weighted by molar-refractivity contribution is -0.384. The van der Waals surface area contributed by atoms with Crippen LogP contribution in [0.3, 0.4) is 0 Å². The van der Waals surface area contributed by atoms with Crippen LogP contribution >= 0.6 is 27.3 Å². The summed E-state index contributed by atoms with van der Waals surface area (Å²) in [6, 6.07) is 6.83. The van der Waals surface area contributed by atoms with E-state index in [1.807, 2.05) is 23.4 Å². The number of aliphatic hydroxyl groups is 1. The van der Waals surface area contributed by atoms with E-state index in [2.05, 4.69) is 15.9 Å². The Bertz CT molecular complexity index is 657. The number of thiophene rings is 1. The first kappa shape index (κ1) is 15.9. The maximum Gasteiger partial charge on any atom is 0.292 e. The summed E-state index contributed by atoms with van der Waals surface area (Å²) >= 11 is 4.99. The van der Waals surface area contributed by atoms with Gasteiger partial charge in [0.15, 0.2) is 0 Å². The monoisotopic (exact) mass is 370 g/mol. The molecule has 112 valence electrons. The van der Waals surface area contributed by atoms with Crippen molar-refractivity contribution >= 4 is 38.6 Å². The summed E-state index contributed by atoms with van der Waals surface area (Å²) in [5, 5.41) is 22.8. The van der Waals surface area contributed by atoms with Gasteiger partial charge in [0.2, 0.25) is 0 Å². The molecule has 1 N–H and O–H groups in total. The molecule has 0 bridgehead atoms. The number of nitro groups is 1. The van der Waals surface area contributed by atoms with Crippen molar-refractivity contribution < 1.29 is 10.0 Å². The zero-order chi connectivity index (χ0) is 15.6. The van der Waals surface area contributed by atoms with Crippen LogP contribution in [0.25, 0.3) is 0 Å². The highest BCUT2D eigenvalue weighted by Crippen LogP contribution is 2.32. The summed E-state index contributed by atoms with van der Waals surface area (Å²) in [6.45, 7) is 2.18. The Labute approximate surface area is 135 Å². The van der Waals surface area contributed by atoms with E-state index in [1.165, 1.54) is 6.07 Å². The maximum atomic E-state index is 11.2. The predicted octanol–water partition coefficient (Wildman–Crippen LogP) is 4.11. The number of nitrogens with zero attached hydrogens (tertiary/aromatic N) is 2. The molecule has 1 unspecified atom stereocenters. The summed E-state index contributed by atoms with van der Waals surface area (Å²) < 4.78 is 1.01. The number of benzene rings is 1. The first-order valence-electron chi connectivity index (χ1n) is 6.29. The molecule has 5 nitrogen and oxygen atoms in total. The zero-order valence-electron chi connectivity index (χ0n) is 11.6. The Morgan fingerprint density at radius 1 is 1.48 bits per heavy atom. The molecule has 1 aromatic heterocycles. The van der Waals surface area contributed by atoms with E-state index in [4.69, 9.17) is 0 Å². The maximum absolute atomic E-state index is 11.2. The molecule has 2 aromatic rings. The summed E-state index contributed by atoms with van der Waals surface area (Å²) in [4.78, 5) is 13.8. The minimum atomic E-state index is -0.726. The van der Waals surface area contributed by atoms with Crippen LogP contribution in [0.15, 0.2) is 34.1 Å². The average molecular weight is 371 g/mol. The van der Waals surface area contributed by atoms with Gasteiger partial charge in [-0.3, -0.25) is 10.1 Å². The first-order valence-corrected chi connectivity index (χ1v) is 7.96. The van der Waals surface area contributed by atoms with Crippen LogP contribution in [0.1, 0.15) is 23.5 Å². The van der Waals surface area contributed by atoms with Crippen LogP contribution in [0.5, 0.6) is 0 Å². The minimum Gasteiger partial charge on any atom is -0.389 e. The van der Waals surface area contributed by atoms with Crippen LogP contribution < -0.4 is 4.90 Å². The lowest BCUT2D eigenvalue weighted by Gasteiger charge is -2.19. The molecule has 0 aliphatic rings. The van der Waals surface area contributed by atoms with E-state index in [-0.39, 0.29) is 5.69 Å². The highest BCUT2D eigenvalue weighted by molar-refractivity contribution is 9.10. The predicted molar refractivity (Wildman–Crippen MR) is 87.9 cm³/mol. The topological polar surface area (TPSA) is 66.6 Å². The van der Waals surface area contributed by atoms with Crippen molar-refractivity contribution in [2.45, 2.75) is 19.6 Å². The lowest BCUT2D eigenvalue weighted by atomic mass is 10.1. The molecule has 0 aliphatic carbocycles. The van der Waals surface area contributed by atoms with E-state index in [0.29, 0.717) is 17.8 Å². The fraction of sp³-hybridized carbons (Fsp3) is 0.286. The Kier molecular flexibility index (Phi) is 4.97. The fourth-order valence-corrected chi connectivity index (χ4v) is 3.53. The smallest absolute Gasteiger partial charge is 0.292 e. The number of rotatable bonds is 5. The van der Waals surface area contributed by atoms with Gasteiger partial charge in [0, 0.05) is 27.8 Å². The van der Waals surface area contributed by atoms with E-state index >= 15 is 0 Å². The molecule has 0 fully saturated rings. The van der Waals surface area contributed by atoms with Gasteiger partial charge in [-0.2, -0.15) is 0 Å². The lowest BCUT2D eigenvalue weighted by Crippen LogP contribution is -2.17. The van der Waals surface area contributed by atoms with Crippen molar-refractivity contribution in [3.05, 3.63) is 54.7 Å². The Morgan fingerprint density at radius 2 is 2.19 bits per heavy atom. The van der Waals surface area contributed by atoms with Crippen LogP contribution in [-0.2, 0) is 6.54 Å². The van der Waals surface area contributed by atoms with E-state index in [9.17, 15) is 15.2 Å². The van der Waals surface area contributed by atoms with Gasteiger partial charge in [-0.05, 0) is 40.5 Å². The van der Waals surface area contributed by atoms with E-state index < -0.39 is 11.0 Å². The summed E-state index contributed by atoms with van der Waals surface area (Å²) in [7, 11) is 1.82.